The SMILES string of the molecule is CC1(C)CC(=O)C2=C(C1)O[C@](C)(c1ccc(F)cc1)C[C@@H]2c1ccc(Cl)cc1. The monoisotopic (exact) mass is 398 g/mol. The number of ether oxygens (including phenoxy) is 1. The van der Waals surface area contributed by atoms with E-state index in [2.05, 4.69) is 13.8 Å². The molecule has 0 amide bonds. The van der Waals surface area contributed by atoms with Crippen molar-refractivity contribution in [1.82, 2.24) is 0 Å². The Morgan fingerprint density at radius 2 is 1.64 bits per heavy atom. The molecule has 0 radical (unpaired) electrons. The third-order valence-electron chi connectivity index (χ3n) is 5.90. The molecule has 2 aromatic carbocycles. The number of carbonyl (C=O) groups excluding carboxylic acids is 1. The van der Waals surface area contributed by atoms with E-state index in [1.165, 1.54) is 12.1 Å². The van der Waals surface area contributed by atoms with Crippen molar-refractivity contribution in [2.45, 2.75) is 51.6 Å². The molecule has 146 valence electrons. The maximum absolute atomic E-state index is 13.5. The Morgan fingerprint density at radius 1 is 1.00 bits per heavy atom. The van der Waals surface area contributed by atoms with Gasteiger partial charge in [0.25, 0.3) is 0 Å². The highest BCUT2D eigenvalue weighted by molar-refractivity contribution is 6.30. The Morgan fingerprint density at radius 3 is 2.29 bits per heavy atom. The van der Waals surface area contributed by atoms with Gasteiger partial charge in [-0.1, -0.05) is 49.7 Å². The highest BCUT2D eigenvalue weighted by Gasteiger charge is 2.46. The van der Waals surface area contributed by atoms with Gasteiger partial charge in [0.15, 0.2) is 5.78 Å². The number of Topliss-reactive ketones (excluding diaryl/α,β-unsaturated/α-hetero) is 1. The molecule has 0 N–H and O–H groups in total. The molecule has 1 aliphatic carbocycles. The molecule has 2 atom stereocenters. The van der Waals surface area contributed by atoms with Crippen LogP contribution in [0.4, 0.5) is 4.39 Å². The van der Waals surface area contributed by atoms with Crippen LogP contribution in [0.25, 0.3) is 0 Å². The fourth-order valence-electron chi connectivity index (χ4n) is 4.52. The quantitative estimate of drug-likeness (QED) is 0.574. The first kappa shape index (κ1) is 19.2. The summed E-state index contributed by atoms with van der Waals surface area (Å²) in [4.78, 5) is 13.1. The van der Waals surface area contributed by atoms with Crippen LogP contribution in [0.15, 0.2) is 59.9 Å². The van der Waals surface area contributed by atoms with Gasteiger partial charge in [0.2, 0.25) is 0 Å². The molecule has 0 spiro atoms. The number of benzene rings is 2. The van der Waals surface area contributed by atoms with E-state index in [1.54, 1.807) is 12.1 Å². The fourth-order valence-corrected chi connectivity index (χ4v) is 4.65. The number of hydrogen-bond donors (Lipinski definition) is 0. The lowest BCUT2D eigenvalue weighted by molar-refractivity contribution is -0.121. The molecule has 1 heterocycles. The Hall–Kier alpha value is -2.13. The smallest absolute Gasteiger partial charge is 0.163 e. The molecule has 0 fully saturated rings. The molecule has 28 heavy (non-hydrogen) atoms. The summed E-state index contributed by atoms with van der Waals surface area (Å²) in [6.45, 7) is 6.22. The molecule has 0 aromatic heterocycles. The summed E-state index contributed by atoms with van der Waals surface area (Å²) in [6.07, 6.45) is 1.85. The van der Waals surface area contributed by atoms with Crippen molar-refractivity contribution in [1.29, 1.82) is 0 Å². The Bertz CT molecular complexity index is 944. The zero-order chi connectivity index (χ0) is 20.1. The minimum Gasteiger partial charge on any atom is -0.487 e. The number of rotatable bonds is 2. The number of hydrogen-bond acceptors (Lipinski definition) is 2. The maximum atomic E-state index is 13.5. The van der Waals surface area contributed by atoms with Crippen LogP contribution >= 0.6 is 11.6 Å². The second kappa shape index (κ2) is 6.73. The van der Waals surface area contributed by atoms with Gasteiger partial charge in [-0.3, -0.25) is 4.79 Å². The summed E-state index contributed by atoms with van der Waals surface area (Å²) in [5.41, 5.74) is 1.99. The Labute approximate surface area is 170 Å². The van der Waals surface area contributed by atoms with E-state index < -0.39 is 5.60 Å². The first-order valence-corrected chi connectivity index (χ1v) is 10.0. The number of allylic oxidation sites excluding steroid dienone is 2. The first-order valence-electron chi connectivity index (χ1n) is 9.64. The molecular weight excluding hydrogens is 375 g/mol. The van der Waals surface area contributed by atoms with Gasteiger partial charge in [-0.05, 0) is 47.7 Å². The summed E-state index contributed by atoms with van der Waals surface area (Å²) < 4.78 is 20.0. The fraction of sp³-hybridized carbons (Fsp3) is 0.375. The van der Waals surface area contributed by atoms with Gasteiger partial charge < -0.3 is 4.74 Å². The van der Waals surface area contributed by atoms with Crippen LogP contribution in [-0.2, 0) is 15.1 Å². The van der Waals surface area contributed by atoms with Crippen molar-refractivity contribution >= 4 is 17.4 Å². The molecule has 0 unspecified atom stereocenters. The largest absolute Gasteiger partial charge is 0.487 e. The van der Waals surface area contributed by atoms with Gasteiger partial charge in [0.05, 0.1) is 0 Å². The van der Waals surface area contributed by atoms with Gasteiger partial charge in [-0.15, -0.1) is 0 Å². The Balaban J connectivity index is 1.84. The average Bonchev–Trinajstić information content (AvgIpc) is 2.60. The lowest BCUT2D eigenvalue weighted by Crippen LogP contribution is -2.39. The summed E-state index contributed by atoms with van der Waals surface area (Å²) >= 11 is 6.08. The van der Waals surface area contributed by atoms with Gasteiger partial charge >= 0.3 is 0 Å². The van der Waals surface area contributed by atoms with Crippen molar-refractivity contribution in [3.63, 3.8) is 0 Å². The highest BCUT2D eigenvalue weighted by atomic mass is 35.5. The zero-order valence-electron chi connectivity index (χ0n) is 16.4. The standard InChI is InChI=1S/C24H24ClFO2/c1-23(2)13-20(27)22-19(15-4-8-17(25)9-5-15)12-24(3,28-21(22)14-23)16-6-10-18(26)11-7-16/h4-11,19H,12-14H2,1-3H3/t19-,24+/m1/s1. The van der Waals surface area contributed by atoms with E-state index in [4.69, 9.17) is 16.3 Å². The minimum atomic E-state index is -0.634. The third-order valence-corrected chi connectivity index (χ3v) is 6.15. The number of halogens is 2. The van der Waals surface area contributed by atoms with E-state index in [-0.39, 0.29) is 22.9 Å². The molecule has 0 saturated carbocycles. The van der Waals surface area contributed by atoms with Gasteiger partial charge in [-0.2, -0.15) is 0 Å². The molecule has 4 rings (SSSR count). The molecular formula is C24H24ClFO2. The van der Waals surface area contributed by atoms with E-state index in [0.29, 0.717) is 17.9 Å². The Kier molecular flexibility index (Phi) is 4.62. The normalized spacial score (nSPS) is 26.6. The lowest BCUT2D eigenvalue weighted by Gasteiger charge is -2.45. The summed E-state index contributed by atoms with van der Waals surface area (Å²) in [5.74, 6) is 0.595. The van der Waals surface area contributed by atoms with E-state index >= 15 is 0 Å². The highest BCUT2D eigenvalue weighted by Crippen LogP contribution is 2.52. The van der Waals surface area contributed by atoms with Crippen molar-refractivity contribution < 1.29 is 13.9 Å². The average molecular weight is 399 g/mol. The number of ketones is 1. The van der Waals surface area contributed by atoms with Crippen LogP contribution < -0.4 is 0 Å². The predicted molar refractivity (Wildman–Crippen MR) is 109 cm³/mol. The van der Waals surface area contributed by atoms with E-state index in [1.807, 2.05) is 31.2 Å². The van der Waals surface area contributed by atoms with Crippen LogP contribution in [0, 0.1) is 11.2 Å². The van der Waals surface area contributed by atoms with Gasteiger partial charge in [-0.25, -0.2) is 4.39 Å². The molecule has 4 heteroatoms. The van der Waals surface area contributed by atoms with Gasteiger partial charge in [0, 0.05) is 35.8 Å². The molecule has 2 aliphatic rings. The second-order valence-corrected chi connectivity index (χ2v) is 9.36. The zero-order valence-corrected chi connectivity index (χ0v) is 17.1. The molecule has 0 bridgehead atoms. The van der Waals surface area contributed by atoms with E-state index in [9.17, 15) is 9.18 Å². The van der Waals surface area contributed by atoms with Crippen LogP contribution in [0.5, 0.6) is 0 Å². The summed E-state index contributed by atoms with van der Waals surface area (Å²) in [6, 6.07) is 14.2. The van der Waals surface area contributed by atoms with Crippen LogP contribution in [0.1, 0.15) is 57.1 Å². The molecule has 0 saturated heterocycles. The topological polar surface area (TPSA) is 26.3 Å². The second-order valence-electron chi connectivity index (χ2n) is 8.93. The summed E-state index contributed by atoms with van der Waals surface area (Å²) in [7, 11) is 0. The molecule has 1 aliphatic heterocycles. The van der Waals surface area contributed by atoms with Crippen molar-refractivity contribution in [2.24, 2.45) is 5.41 Å². The van der Waals surface area contributed by atoms with Crippen molar-refractivity contribution in [2.75, 3.05) is 0 Å². The summed E-state index contributed by atoms with van der Waals surface area (Å²) in [5, 5.41) is 0.669. The minimum absolute atomic E-state index is 0.0698. The maximum Gasteiger partial charge on any atom is 0.163 e. The van der Waals surface area contributed by atoms with Crippen molar-refractivity contribution in [3.05, 3.63) is 81.8 Å². The predicted octanol–water partition coefficient (Wildman–Crippen LogP) is 6.54. The third kappa shape index (κ3) is 3.48. The van der Waals surface area contributed by atoms with E-state index in [0.717, 1.165) is 28.9 Å². The van der Waals surface area contributed by atoms with Gasteiger partial charge in [0.1, 0.15) is 17.2 Å². The number of carbonyl (C=O) groups is 1. The van der Waals surface area contributed by atoms with Crippen molar-refractivity contribution in [3.8, 4) is 0 Å². The molecule has 2 aromatic rings. The van der Waals surface area contributed by atoms with Crippen LogP contribution in [-0.4, -0.2) is 5.78 Å². The lowest BCUT2D eigenvalue weighted by atomic mass is 9.68. The first-order chi connectivity index (χ1) is 13.2. The van der Waals surface area contributed by atoms with Crippen LogP contribution in [0.2, 0.25) is 5.02 Å². The van der Waals surface area contributed by atoms with Crippen LogP contribution in [0.3, 0.4) is 0 Å². The molecule has 2 nitrogen and oxygen atoms in total.